The summed E-state index contributed by atoms with van der Waals surface area (Å²) in [5.74, 6) is 0.749. The number of pyridine rings is 1. The molecule has 2 aliphatic heterocycles. The van der Waals surface area contributed by atoms with E-state index < -0.39 is 0 Å². The molecular formula is C24H31N3O3. The molecule has 1 unspecified atom stereocenters. The summed E-state index contributed by atoms with van der Waals surface area (Å²) < 4.78 is 11.0. The van der Waals surface area contributed by atoms with E-state index in [-0.39, 0.29) is 11.3 Å². The van der Waals surface area contributed by atoms with Gasteiger partial charge in [0.1, 0.15) is 5.75 Å². The monoisotopic (exact) mass is 409 g/mol. The fourth-order valence-corrected chi connectivity index (χ4v) is 5.07. The lowest BCUT2D eigenvalue weighted by Gasteiger charge is -2.60. The average Bonchev–Trinajstić information content (AvgIpc) is 2.78. The normalized spacial score (nSPS) is 20.7. The van der Waals surface area contributed by atoms with Gasteiger partial charge in [-0.2, -0.15) is 0 Å². The summed E-state index contributed by atoms with van der Waals surface area (Å²) in [7, 11) is 1.75. The highest BCUT2D eigenvalue weighted by Gasteiger charge is 2.54. The van der Waals surface area contributed by atoms with E-state index in [2.05, 4.69) is 22.0 Å². The predicted octanol–water partition coefficient (Wildman–Crippen LogP) is 3.41. The molecule has 1 amide bonds. The molecule has 0 radical (unpaired) electrons. The minimum Gasteiger partial charge on any atom is -0.493 e. The van der Waals surface area contributed by atoms with Crippen LogP contribution in [0.3, 0.4) is 0 Å². The van der Waals surface area contributed by atoms with Gasteiger partial charge in [0.15, 0.2) is 0 Å². The number of ether oxygens (including phenoxy) is 2. The third-order valence-corrected chi connectivity index (χ3v) is 6.53. The van der Waals surface area contributed by atoms with Crippen molar-refractivity contribution < 1.29 is 14.3 Å². The molecule has 0 saturated carbocycles. The second kappa shape index (κ2) is 9.14. The molecule has 1 aromatic carbocycles. The molecule has 160 valence electrons. The van der Waals surface area contributed by atoms with E-state index in [1.54, 1.807) is 7.11 Å². The number of hydrogen-bond donors (Lipinski definition) is 0. The van der Waals surface area contributed by atoms with E-state index >= 15 is 0 Å². The van der Waals surface area contributed by atoms with Gasteiger partial charge in [-0.05, 0) is 49.6 Å². The van der Waals surface area contributed by atoms with Gasteiger partial charge in [-0.1, -0.05) is 12.1 Å². The Kier molecular flexibility index (Phi) is 6.35. The Morgan fingerprint density at radius 3 is 2.60 bits per heavy atom. The van der Waals surface area contributed by atoms with Crippen molar-refractivity contribution in [1.82, 2.24) is 14.8 Å². The number of hydrogen-bond acceptors (Lipinski definition) is 5. The number of amides is 1. The van der Waals surface area contributed by atoms with Crippen molar-refractivity contribution in [2.24, 2.45) is 5.41 Å². The highest BCUT2D eigenvalue weighted by atomic mass is 16.5. The van der Waals surface area contributed by atoms with Gasteiger partial charge >= 0.3 is 0 Å². The summed E-state index contributed by atoms with van der Waals surface area (Å²) in [5.41, 5.74) is 2.19. The maximum Gasteiger partial charge on any atom is 0.257 e. The van der Waals surface area contributed by atoms with E-state index in [9.17, 15) is 4.79 Å². The molecule has 1 spiro atoms. The minimum absolute atomic E-state index is 0.0740. The molecule has 3 heterocycles. The highest BCUT2D eigenvalue weighted by Crippen LogP contribution is 2.54. The third-order valence-electron chi connectivity index (χ3n) is 6.53. The van der Waals surface area contributed by atoms with Crippen molar-refractivity contribution in [2.75, 3.05) is 46.5 Å². The van der Waals surface area contributed by atoms with Crippen molar-refractivity contribution in [3.8, 4) is 5.75 Å². The number of piperidine rings is 1. The average molecular weight is 410 g/mol. The van der Waals surface area contributed by atoms with Crippen LogP contribution in [0.5, 0.6) is 5.75 Å². The van der Waals surface area contributed by atoms with Gasteiger partial charge in [-0.3, -0.25) is 14.7 Å². The van der Waals surface area contributed by atoms with Gasteiger partial charge in [-0.25, -0.2) is 0 Å². The Bertz CT molecular complexity index is 850. The van der Waals surface area contributed by atoms with Crippen LogP contribution < -0.4 is 4.74 Å². The van der Waals surface area contributed by atoms with Crippen molar-refractivity contribution in [1.29, 1.82) is 0 Å². The zero-order valence-corrected chi connectivity index (χ0v) is 17.9. The maximum absolute atomic E-state index is 13.2. The predicted molar refractivity (Wildman–Crippen MR) is 116 cm³/mol. The van der Waals surface area contributed by atoms with Gasteiger partial charge in [0.2, 0.25) is 0 Å². The molecule has 6 heteroatoms. The zero-order valence-electron chi connectivity index (χ0n) is 17.9. The van der Waals surface area contributed by atoms with Gasteiger partial charge in [0, 0.05) is 57.1 Å². The lowest BCUT2D eigenvalue weighted by atomic mass is 9.63. The number of aromatic nitrogens is 1. The molecule has 0 N–H and O–H groups in total. The molecule has 2 aliphatic rings. The van der Waals surface area contributed by atoms with E-state index in [0.29, 0.717) is 24.0 Å². The number of carbonyl (C=O) groups excluding carboxylic acids is 1. The number of carbonyl (C=O) groups is 1. The van der Waals surface area contributed by atoms with Crippen LogP contribution >= 0.6 is 0 Å². The molecule has 1 aromatic heterocycles. The number of rotatable bonds is 7. The molecule has 1 atom stereocenters. The minimum atomic E-state index is 0.0740. The number of nitrogens with zero attached hydrogens (tertiary/aromatic N) is 3. The first-order chi connectivity index (χ1) is 14.7. The Morgan fingerprint density at radius 1 is 1.17 bits per heavy atom. The maximum atomic E-state index is 13.2. The van der Waals surface area contributed by atoms with Crippen LogP contribution in [-0.2, 0) is 4.74 Å². The molecule has 2 fully saturated rings. The third kappa shape index (κ3) is 3.94. The first-order valence-electron chi connectivity index (χ1n) is 10.8. The smallest absolute Gasteiger partial charge is 0.257 e. The molecule has 4 rings (SSSR count). The Balaban J connectivity index is 1.47. The van der Waals surface area contributed by atoms with Crippen LogP contribution in [0.15, 0.2) is 48.8 Å². The van der Waals surface area contributed by atoms with Crippen molar-refractivity contribution >= 4 is 5.91 Å². The Morgan fingerprint density at radius 2 is 1.90 bits per heavy atom. The molecule has 2 aromatic rings. The van der Waals surface area contributed by atoms with E-state index in [1.807, 2.05) is 48.5 Å². The summed E-state index contributed by atoms with van der Waals surface area (Å²) in [6.45, 7) is 6.76. The van der Waals surface area contributed by atoms with Crippen LogP contribution in [0.4, 0.5) is 0 Å². The zero-order chi connectivity index (χ0) is 21.0. The first kappa shape index (κ1) is 20.8. The van der Waals surface area contributed by atoms with E-state index in [0.717, 1.165) is 45.6 Å². The molecular weight excluding hydrogens is 378 g/mol. The van der Waals surface area contributed by atoms with Gasteiger partial charge in [-0.15, -0.1) is 0 Å². The van der Waals surface area contributed by atoms with E-state index in [1.165, 1.54) is 5.56 Å². The summed E-state index contributed by atoms with van der Waals surface area (Å²) in [6.07, 6.45) is 5.76. The van der Waals surface area contributed by atoms with Crippen molar-refractivity contribution in [2.45, 2.75) is 25.8 Å². The molecule has 30 heavy (non-hydrogen) atoms. The first-order valence-corrected chi connectivity index (χ1v) is 10.8. The molecule has 0 bridgehead atoms. The number of methoxy groups -OCH3 is 1. The fraction of sp³-hybridized carbons (Fsp3) is 0.500. The summed E-state index contributed by atoms with van der Waals surface area (Å²) in [5, 5.41) is 0. The highest BCUT2D eigenvalue weighted by molar-refractivity contribution is 5.97. The molecule has 6 nitrogen and oxygen atoms in total. The standard InChI is InChI=1S/C24H31N3O3/c1-3-30-21-7-5-4-6-20(21)23(28)26-14-10-24(11-15-26)18-27(16-17-29-2)22(24)19-8-12-25-13-9-19/h4-9,12-13,22H,3,10-11,14-18H2,1-2H3. The van der Waals surface area contributed by atoms with Crippen LogP contribution in [-0.4, -0.2) is 67.2 Å². The Labute approximate surface area is 178 Å². The largest absolute Gasteiger partial charge is 0.493 e. The lowest BCUT2D eigenvalue weighted by molar-refractivity contribution is -0.114. The van der Waals surface area contributed by atoms with Gasteiger partial charge in [0.25, 0.3) is 5.91 Å². The fourth-order valence-electron chi connectivity index (χ4n) is 5.07. The second-order valence-corrected chi connectivity index (χ2v) is 8.23. The van der Waals surface area contributed by atoms with E-state index in [4.69, 9.17) is 9.47 Å². The van der Waals surface area contributed by atoms with Crippen LogP contribution in [0.1, 0.15) is 41.7 Å². The van der Waals surface area contributed by atoms with Gasteiger partial charge < -0.3 is 14.4 Å². The van der Waals surface area contributed by atoms with Crippen LogP contribution in [0.2, 0.25) is 0 Å². The second-order valence-electron chi connectivity index (χ2n) is 8.23. The molecule has 0 aliphatic carbocycles. The number of para-hydroxylation sites is 1. The van der Waals surface area contributed by atoms with Crippen LogP contribution in [0.25, 0.3) is 0 Å². The number of likely N-dealkylation sites (tertiary alicyclic amines) is 2. The molecule has 2 saturated heterocycles. The summed E-state index contributed by atoms with van der Waals surface area (Å²) >= 11 is 0. The topological polar surface area (TPSA) is 54.9 Å². The van der Waals surface area contributed by atoms with Crippen LogP contribution in [0, 0.1) is 5.41 Å². The quantitative estimate of drug-likeness (QED) is 0.702. The van der Waals surface area contributed by atoms with Gasteiger partial charge in [0.05, 0.1) is 18.8 Å². The Hall–Kier alpha value is -2.44. The summed E-state index contributed by atoms with van der Waals surface area (Å²) in [4.78, 5) is 21.9. The SMILES string of the molecule is CCOc1ccccc1C(=O)N1CCC2(CC1)CN(CCOC)C2c1ccncc1. The summed E-state index contributed by atoms with van der Waals surface area (Å²) in [6, 6.07) is 12.2. The van der Waals surface area contributed by atoms with Crippen molar-refractivity contribution in [3.63, 3.8) is 0 Å². The van der Waals surface area contributed by atoms with Crippen molar-refractivity contribution in [3.05, 3.63) is 59.9 Å². The lowest BCUT2D eigenvalue weighted by Crippen LogP contribution is -2.63. The number of benzene rings is 1.